The Morgan fingerprint density at radius 2 is 1.78 bits per heavy atom. The van der Waals surface area contributed by atoms with Crippen LogP contribution in [0.3, 0.4) is 0 Å². The lowest BCUT2D eigenvalue weighted by Crippen LogP contribution is -2.46. The number of hydrogen-bond acceptors (Lipinski definition) is 3. The van der Waals surface area contributed by atoms with Gasteiger partial charge in [-0.25, -0.2) is 0 Å². The Hall–Kier alpha value is -1.75. The van der Waals surface area contributed by atoms with Gasteiger partial charge >= 0.3 is 0 Å². The number of fused-ring (bicyclic) bond motifs is 2. The van der Waals surface area contributed by atoms with Crippen molar-refractivity contribution in [3.8, 4) is 0 Å². The molecule has 1 saturated carbocycles. The molecule has 0 radical (unpaired) electrons. The molecule has 2 fully saturated rings. The molecule has 3 unspecified atom stereocenters. The number of benzene rings is 2. The zero-order chi connectivity index (χ0) is 19.0. The normalized spacial score (nSPS) is 24.3. The van der Waals surface area contributed by atoms with Crippen molar-refractivity contribution in [1.82, 2.24) is 4.90 Å². The standard InChI is InChI=1S/C21H22Cl2N2O2/c22-17-7-4-8-18(23)20(17)25(21(26)27)13-16-15-9-10-19(16)24(12-15)11-14-5-2-1-3-6-14/h1-8,15-16,19H,9-13H2,(H,26,27)/p-1. The molecule has 4 nitrogen and oxygen atoms in total. The minimum Gasteiger partial charge on any atom is -0.530 e. The Morgan fingerprint density at radius 1 is 1.07 bits per heavy atom. The second-order valence-electron chi connectivity index (χ2n) is 7.43. The van der Waals surface area contributed by atoms with E-state index in [1.54, 1.807) is 18.2 Å². The van der Waals surface area contributed by atoms with E-state index in [2.05, 4.69) is 29.2 Å². The molecule has 0 N–H and O–H groups in total. The van der Waals surface area contributed by atoms with Crippen molar-refractivity contribution in [2.75, 3.05) is 18.0 Å². The van der Waals surface area contributed by atoms with E-state index in [-0.39, 0.29) is 5.92 Å². The summed E-state index contributed by atoms with van der Waals surface area (Å²) in [6, 6.07) is 15.8. The zero-order valence-electron chi connectivity index (χ0n) is 14.9. The van der Waals surface area contributed by atoms with E-state index in [0.29, 0.717) is 34.2 Å². The van der Waals surface area contributed by atoms with Crippen LogP contribution >= 0.6 is 23.2 Å². The minimum atomic E-state index is -1.26. The average molecular weight is 404 g/mol. The van der Waals surface area contributed by atoms with Crippen LogP contribution in [0, 0.1) is 11.8 Å². The molecule has 6 heteroatoms. The molecular formula is C21H21Cl2N2O2-. The highest BCUT2D eigenvalue weighted by molar-refractivity contribution is 6.39. The number of hydrogen-bond donors (Lipinski definition) is 0. The Labute approximate surface area is 169 Å². The molecule has 1 saturated heterocycles. The van der Waals surface area contributed by atoms with Gasteiger partial charge in [0, 0.05) is 25.7 Å². The number of rotatable bonds is 5. The molecule has 2 bridgehead atoms. The first-order valence-electron chi connectivity index (χ1n) is 9.25. The van der Waals surface area contributed by atoms with E-state index in [9.17, 15) is 9.90 Å². The first kappa shape index (κ1) is 18.6. The lowest BCUT2D eigenvalue weighted by Gasteiger charge is -2.32. The van der Waals surface area contributed by atoms with Crippen molar-refractivity contribution in [2.24, 2.45) is 11.8 Å². The fourth-order valence-corrected chi connectivity index (χ4v) is 5.33. The van der Waals surface area contributed by atoms with Gasteiger partial charge in [-0.3, -0.25) is 4.90 Å². The first-order valence-corrected chi connectivity index (χ1v) is 10.0. The molecule has 1 heterocycles. The number of carboxylic acid groups (broad SMARTS) is 1. The predicted octanol–water partition coefficient (Wildman–Crippen LogP) is 4.05. The quantitative estimate of drug-likeness (QED) is 0.755. The van der Waals surface area contributed by atoms with Crippen molar-refractivity contribution in [1.29, 1.82) is 0 Å². The number of nitrogens with zero attached hydrogens (tertiary/aromatic N) is 2. The van der Waals surface area contributed by atoms with Gasteiger partial charge in [0.15, 0.2) is 0 Å². The molecule has 27 heavy (non-hydrogen) atoms. The van der Waals surface area contributed by atoms with E-state index in [1.165, 1.54) is 10.5 Å². The summed E-state index contributed by atoms with van der Waals surface area (Å²) in [6.07, 6.45) is 0.975. The summed E-state index contributed by atoms with van der Waals surface area (Å²) in [5.74, 6) is 0.751. The molecule has 0 spiro atoms. The fraction of sp³-hybridized carbons (Fsp3) is 0.381. The average Bonchev–Trinajstić information content (AvgIpc) is 3.17. The SMILES string of the molecule is O=C([O-])N(CC1C2CCC1N(Cc1ccccc1)C2)c1c(Cl)cccc1Cl. The molecule has 3 atom stereocenters. The van der Waals surface area contributed by atoms with Crippen molar-refractivity contribution < 1.29 is 9.90 Å². The smallest absolute Gasteiger partial charge is 0.141 e. The van der Waals surface area contributed by atoms with Gasteiger partial charge in [0.25, 0.3) is 0 Å². The summed E-state index contributed by atoms with van der Waals surface area (Å²) in [5.41, 5.74) is 1.62. The molecule has 0 aromatic heterocycles. The number of carbonyl (C=O) groups is 1. The van der Waals surface area contributed by atoms with Crippen LogP contribution in [0.4, 0.5) is 10.5 Å². The van der Waals surface area contributed by atoms with Gasteiger partial charge in [0.2, 0.25) is 0 Å². The summed E-state index contributed by atoms with van der Waals surface area (Å²) in [7, 11) is 0. The predicted molar refractivity (Wildman–Crippen MR) is 106 cm³/mol. The summed E-state index contributed by atoms with van der Waals surface area (Å²) in [6.45, 7) is 2.27. The van der Waals surface area contributed by atoms with Crippen molar-refractivity contribution in [3.63, 3.8) is 0 Å². The largest absolute Gasteiger partial charge is 0.530 e. The van der Waals surface area contributed by atoms with Gasteiger partial charge in [0.1, 0.15) is 6.09 Å². The number of para-hydroxylation sites is 1. The molecule has 1 aliphatic carbocycles. The van der Waals surface area contributed by atoms with E-state index in [4.69, 9.17) is 23.2 Å². The first-order chi connectivity index (χ1) is 13.0. The molecule has 1 aliphatic heterocycles. The second-order valence-corrected chi connectivity index (χ2v) is 8.24. The van der Waals surface area contributed by atoms with Gasteiger partial charge < -0.3 is 14.8 Å². The number of anilines is 1. The van der Waals surface area contributed by atoms with E-state index < -0.39 is 6.09 Å². The Morgan fingerprint density at radius 3 is 2.44 bits per heavy atom. The lowest BCUT2D eigenvalue weighted by molar-refractivity contribution is -0.246. The monoisotopic (exact) mass is 403 g/mol. The van der Waals surface area contributed by atoms with Gasteiger partial charge in [0.05, 0.1) is 15.7 Å². The van der Waals surface area contributed by atoms with Crippen LogP contribution < -0.4 is 10.0 Å². The number of piperidine rings is 1. The Balaban J connectivity index is 1.54. The van der Waals surface area contributed by atoms with Crippen molar-refractivity contribution in [3.05, 3.63) is 64.1 Å². The third-order valence-electron chi connectivity index (χ3n) is 5.92. The molecule has 2 aromatic rings. The summed E-state index contributed by atoms with van der Waals surface area (Å²) in [5, 5.41) is 12.5. The molecule has 2 aromatic carbocycles. The molecule has 4 rings (SSSR count). The maximum atomic E-state index is 11.9. The van der Waals surface area contributed by atoms with Crippen molar-refractivity contribution in [2.45, 2.75) is 25.4 Å². The molecule has 1 amide bonds. The van der Waals surface area contributed by atoms with Crippen LogP contribution in [0.15, 0.2) is 48.5 Å². The van der Waals surface area contributed by atoms with Gasteiger partial charge in [-0.2, -0.15) is 0 Å². The van der Waals surface area contributed by atoms with Gasteiger partial charge in [-0.05, 0) is 42.4 Å². The lowest BCUT2D eigenvalue weighted by atomic mass is 9.97. The van der Waals surface area contributed by atoms with E-state index in [1.807, 2.05) is 6.07 Å². The molecule has 142 valence electrons. The third-order valence-corrected chi connectivity index (χ3v) is 6.53. The maximum Gasteiger partial charge on any atom is 0.141 e. The van der Waals surface area contributed by atoms with Crippen LogP contribution in [0.2, 0.25) is 10.0 Å². The van der Waals surface area contributed by atoms with E-state index in [0.717, 1.165) is 25.9 Å². The van der Waals surface area contributed by atoms with Crippen LogP contribution in [0.1, 0.15) is 18.4 Å². The summed E-state index contributed by atoms with van der Waals surface area (Å²) >= 11 is 12.5. The maximum absolute atomic E-state index is 11.9. The second kappa shape index (κ2) is 7.70. The highest BCUT2D eigenvalue weighted by atomic mass is 35.5. The third kappa shape index (κ3) is 3.66. The topological polar surface area (TPSA) is 46.6 Å². The van der Waals surface area contributed by atoms with Crippen LogP contribution in [0.5, 0.6) is 0 Å². The Bertz CT molecular complexity index is 810. The van der Waals surface area contributed by atoms with Gasteiger partial charge in [-0.15, -0.1) is 0 Å². The zero-order valence-corrected chi connectivity index (χ0v) is 16.4. The highest BCUT2D eigenvalue weighted by Crippen LogP contribution is 2.45. The number of likely N-dealkylation sites (tertiary alicyclic amines) is 1. The van der Waals surface area contributed by atoms with Gasteiger partial charge in [-0.1, -0.05) is 59.6 Å². The van der Waals surface area contributed by atoms with Crippen LogP contribution in [0.25, 0.3) is 0 Å². The number of amides is 1. The fourth-order valence-electron chi connectivity index (χ4n) is 4.73. The minimum absolute atomic E-state index is 0.263. The van der Waals surface area contributed by atoms with Crippen LogP contribution in [-0.2, 0) is 6.54 Å². The summed E-state index contributed by atoms with van der Waals surface area (Å²) < 4.78 is 0. The number of carbonyl (C=O) groups excluding carboxylic acids is 1. The van der Waals surface area contributed by atoms with Crippen LogP contribution in [-0.4, -0.2) is 30.1 Å². The number of halogens is 2. The van der Waals surface area contributed by atoms with E-state index >= 15 is 0 Å². The van der Waals surface area contributed by atoms with Crippen molar-refractivity contribution >= 4 is 35.0 Å². The molecule has 2 aliphatic rings. The summed E-state index contributed by atoms with van der Waals surface area (Å²) in [4.78, 5) is 15.6. The molecular weight excluding hydrogens is 383 g/mol. The highest BCUT2D eigenvalue weighted by Gasteiger charge is 2.47. The Kier molecular flexibility index (Phi) is 5.31.